The Morgan fingerprint density at radius 3 is 2.35 bits per heavy atom. The molecule has 2 heterocycles. The molecule has 7 rings (SSSR count). The Morgan fingerprint density at radius 2 is 1.65 bits per heavy atom. The van der Waals surface area contributed by atoms with Crippen molar-refractivity contribution in [3.63, 3.8) is 0 Å². The van der Waals surface area contributed by atoms with E-state index >= 15 is 0 Å². The average molecular weight is 694 g/mol. The highest BCUT2D eigenvalue weighted by molar-refractivity contribution is 5.70. The van der Waals surface area contributed by atoms with Crippen LogP contribution >= 0.6 is 0 Å². The van der Waals surface area contributed by atoms with Crippen LogP contribution in [0.1, 0.15) is 117 Å². The molecule has 1 aliphatic carbocycles. The highest BCUT2D eigenvalue weighted by Crippen LogP contribution is 2.42. The zero-order valence-electron chi connectivity index (χ0n) is 31.3. The van der Waals surface area contributed by atoms with Crippen LogP contribution in [0.4, 0.5) is 0 Å². The third kappa shape index (κ3) is 8.38. The molecule has 6 heteroatoms. The van der Waals surface area contributed by atoms with Crippen LogP contribution < -0.4 is 10.3 Å². The third-order valence-electron chi connectivity index (χ3n) is 10.4. The van der Waals surface area contributed by atoms with Gasteiger partial charge in [-0.25, -0.2) is 4.98 Å². The summed E-state index contributed by atoms with van der Waals surface area (Å²) in [5, 5.41) is 9.49. The summed E-state index contributed by atoms with van der Waals surface area (Å²) >= 11 is 0. The molecular weight excluding hydrogens is 643 g/mol. The van der Waals surface area contributed by atoms with Gasteiger partial charge in [0.2, 0.25) is 0 Å². The van der Waals surface area contributed by atoms with Crippen LogP contribution in [0.3, 0.4) is 0 Å². The van der Waals surface area contributed by atoms with Crippen molar-refractivity contribution in [2.45, 2.75) is 103 Å². The Balaban J connectivity index is 0.000000325. The van der Waals surface area contributed by atoms with Gasteiger partial charge in [0, 0.05) is 31.1 Å². The number of aryl methyl sites for hydroxylation is 2. The van der Waals surface area contributed by atoms with Crippen LogP contribution in [-0.4, -0.2) is 22.3 Å². The summed E-state index contributed by atoms with van der Waals surface area (Å²) in [6, 6.07) is 34.8. The molecule has 4 aromatic carbocycles. The number of fused-ring (bicyclic) bond motifs is 1. The molecule has 0 N–H and O–H groups in total. The van der Waals surface area contributed by atoms with E-state index in [9.17, 15) is 10.1 Å². The van der Waals surface area contributed by atoms with Gasteiger partial charge in [0.15, 0.2) is 0 Å². The standard InChI is InChI=1S/C34H35N3O3.C12H16/c1-6-9-30-28(18-23-12-14-24(15-13-23)27-11-8-7-10-25(27)21-35)33(38)37(22(2)36-30)26-16-17-31-29(19-26)32(39-5)20-34(3,4)40-31;1-3-7-11(8-4-1)12-9-5-2-6-10-12/h7-8,10-17,19,32H,6,9,18,20H2,1-5H3;1,3-4,7-8,12H,2,5-6,9-10H2. The number of hydrogen-bond donors (Lipinski definition) is 0. The fourth-order valence-corrected chi connectivity index (χ4v) is 7.77. The molecule has 0 spiro atoms. The topological polar surface area (TPSA) is 77.1 Å². The predicted molar refractivity (Wildman–Crippen MR) is 209 cm³/mol. The third-order valence-corrected chi connectivity index (χ3v) is 10.4. The summed E-state index contributed by atoms with van der Waals surface area (Å²) in [7, 11) is 1.71. The second-order valence-corrected chi connectivity index (χ2v) is 14.8. The van der Waals surface area contributed by atoms with Crippen LogP contribution in [-0.2, 0) is 17.6 Å². The highest BCUT2D eigenvalue weighted by atomic mass is 16.5. The van der Waals surface area contributed by atoms with E-state index < -0.39 is 0 Å². The van der Waals surface area contributed by atoms with Crippen molar-refractivity contribution in [2.24, 2.45) is 0 Å². The second-order valence-electron chi connectivity index (χ2n) is 14.8. The minimum Gasteiger partial charge on any atom is -0.487 e. The largest absolute Gasteiger partial charge is 0.487 e. The first-order chi connectivity index (χ1) is 25.2. The van der Waals surface area contributed by atoms with E-state index in [0.717, 1.165) is 64.6 Å². The Labute approximate surface area is 309 Å². The Morgan fingerprint density at radius 1 is 0.942 bits per heavy atom. The van der Waals surface area contributed by atoms with Crippen molar-refractivity contribution < 1.29 is 9.47 Å². The quantitative estimate of drug-likeness (QED) is 0.162. The number of rotatable bonds is 8. The van der Waals surface area contributed by atoms with Gasteiger partial charge in [0.05, 0.1) is 29.1 Å². The van der Waals surface area contributed by atoms with Crippen molar-refractivity contribution in [1.82, 2.24) is 9.55 Å². The molecule has 1 aliphatic heterocycles. The van der Waals surface area contributed by atoms with Crippen LogP contribution in [0.25, 0.3) is 16.8 Å². The molecule has 0 bridgehead atoms. The summed E-state index contributed by atoms with van der Waals surface area (Å²) in [5.74, 6) is 2.30. The number of nitriles is 1. The van der Waals surface area contributed by atoms with E-state index in [4.69, 9.17) is 14.5 Å². The molecule has 52 heavy (non-hydrogen) atoms. The van der Waals surface area contributed by atoms with Gasteiger partial charge in [-0.15, -0.1) is 0 Å². The summed E-state index contributed by atoms with van der Waals surface area (Å²) in [4.78, 5) is 19.0. The Kier molecular flexibility index (Phi) is 11.7. The summed E-state index contributed by atoms with van der Waals surface area (Å²) < 4.78 is 13.7. The van der Waals surface area contributed by atoms with Gasteiger partial charge in [-0.1, -0.05) is 105 Å². The van der Waals surface area contributed by atoms with E-state index in [1.807, 2.05) is 73.7 Å². The first-order valence-corrected chi connectivity index (χ1v) is 18.8. The van der Waals surface area contributed by atoms with E-state index in [0.29, 0.717) is 23.4 Å². The zero-order valence-corrected chi connectivity index (χ0v) is 31.3. The zero-order chi connectivity index (χ0) is 36.7. The molecule has 0 saturated heterocycles. The minimum absolute atomic E-state index is 0.0548. The molecule has 2 aliphatic rings. The molecule has 0 amide bonds. The summed E-state index contributed by atoms with van der Waals surface area (Å²) in [6.07, 6.45) is 9.83. The van der Waals surface area contributed by atoms with Crippen molar-refractivity contribution in [1.29, 1.82) is 5.26 Å². The fraction of sp³-hybridized carbons (Fsp3) is 0.370. The number of aromatic nitrogens is 2. The van der Waals surface area contributed by atoms with Crippen molar-refractivity contribution in [2.75, 3.05) is 7.11 Å². The van der Waals surface area contributed by atoms with Crippen LogP contribution in [0.15, 0.2) is 102 Å². The van der Waals surface area contributed by atoms with Crippen molar-refractivity contribution >= 4 is 0 Å². The lowest BCUT2D eigenvalue weighted by Gasteiger charge is -2.37. The molecule has 6 nitrogen and oxygen atoms in total. The Bertz CT molecular complexity index is 2070. The average Bonchev–Trinajstić information content (AvgIpc) is 3.17. The molecule has 1 aromatic heterocycles. The first kappa shape index (κ1) is 36.8. The van der Waals surface area contributed by atoms with Crippen LogP contribution in [0.2, 0.25) is 0 Å². The second kappa shape index (κ2) is 16.6. The summed E-state index contributed by atoms with van der Waals surface area (Å²) in [5.41, 5.74) is 7.95. The normalized spacial score (nSPS) is 16.5. The van der Waals surface area contributed by atoms with Crippen molar-refractivity contribution in [3.8, 4) is 28.6 Å². The van der Waals surface area contributed by atoms with E-state index in [-0.39, 0.29) is 17.3 Å². The number of hydrogen-bond acceptors (Lipinski definition) is 5. The smallest absolute Gasteiger partial charge is 0.261 e. The lowest BCUT2D eigenvalue weighted by Crippen LogP contribution is -2.35. The van der Waals surface area contributed by atoms with E-state index in [2.05, 4.69) is 57.2 Å². The minimum atomic E-state index is -0.329. The predicted octanol–water partition coefficient (Wildman–Crippen LogP) is 10.6. The highest BCUT2D eigenvalue weighted by Gasteiger charge is 2.34. The first-order valence-electron chi connectivity index (χ1n) is 18.8. The van der Waals surface area contributed by atoms with Crippen LogP contribution in [0.5, 0.6) is 5.75 Å². The fourth-order valence-electron chi connectivity index (χ4n) is 7.77. The molecule has 1 atom stereocenters. The molecule has 0 radical (unpaired) electrons. The maximum atomic E-state index is 14.1. The van der Waals surface area contributed by atoms with Gasteiger partial charge in [-0.3, -0.25) is 9.36 Å². The number of methoxy groups -OCH3 is 1. The SMILES string of the molecule is CCCc1nc(C)n(-c2ccc3c(c2)C(OC)CC(C)(C)O3)c(=O)c1Cc1ccc(-c2ccccc2C#N)cc1.c1ccc(C2CCCCC2)cc1. The molecule has 1 fully saturated rings. The van der Waals surface area contributed by atoms with E-state index in [1.54, 1.807) is 17.2 Å². The van der Waals surface area contributed by atoms with Crippen molar-refractivity contribution in [3.05, 3.63) is 147 Å². The lowest BCUT2D eigenvalue weighted by molar-refractivity contribution is -0.0108. The van der Waals surface area contributed by atoms with Gasteiger partial charge in [-0.05, 0) is 92.5 Å². The maximum absolute atomic E-state index is 14.1. The van der Waals surface area contributed by atoms with E-state index in [1.165, 1.54) is 32.1 Å². The van der Waals surface area contributed by atoms with Gasteiger partial charge >= 0.3 is 0 Å². The molecule has 1 unspecified atom stereocenters. The van der Waals surface area contributed by atoms with Gasteiger partial charge in [0.25, 0.3) is 5.56 Å². The number of benzene rings is 4. The number of nitrogens with zero attached hydrogens (tertiary/aromatic N) is 3. The molecular formula is C46H51N3O3. The van der Waals surface area contributed by atoms with Gasteiger partial charge in [-0.2, -0.15) is 5.26 Å². The molecule has 268 valence electrons. The van der Waals surface area contributed by atoms with Crippen LogP contribution in [0, 0.1) is 18.3 Å². The Hall–Kier alpha value is -4.99. The maximum Gasteiger partial charge on any atom is 0.261 e. The monoisotopic (exact) mass is 693 g/mol. The van der Waals surface area contributed by atoms with Gasteiger partial charge in [0.1, 0.15) is 17.2 Å². The molecule has 5 aromatic rings. The number of ether oxygens (including phenoxy) is 2. The summed E-state index contributed by atoms with van der Waals surface area (Å²) in [6.45, 7) is 8.10. The van der Waals surface area contributed by atoms with Gasteiger partial charge < -0.3 is 9.47 Å². The lowest BCUT2D eigenvalue weighted by atomic mass is 9.84. The molecule has 1 saturated carbocycles.